The number of rotatable bonds is 4. The molecule has 148 valence electrons. The van der Waals surface area contributed by atoms with E-state index in [-0.39, 0.29) is 29.0 Å². The van der Waals surface area contributed by atoms with Gasteiger partial charge in [0.2, 0.25) is 0 Å². The molecule has 0 amide bonds. The number of carbonyl (C=O) groups is 1. The van der Waals surface area contributed by atoms with Crippen LogP contribution in [0.5, 0.6) is 0 Å². The normalized spacial score (nSPS) is 12.2. The fourth-order valence-corrected chi connectivity index (χ4v) is 2.99. The molecule has 3 aromatic rings. The average molecular weight is 390 g/mol. The molecule has 3 rings (SSSR count). The lowest BCUT2D eigenvalue weighted by molar-refractivity contribution is -0.142. The second-order valence-corrected chi connectivity index (χ2v) is 6.72. The molecule has 1 aromatic heterocycles. The highest BCUT2D eigenvalue weighted by Crippen LogP contribution is 2.07. The Kier molecular flexibility index (Phi) is 5.93. The molecular weight excluding hydrogens is 368 g/mol. The Balaban J connectivity index is 2.14. The number of carbonyl (C=O) groups excluding carboxylic acids is 1. The number of hydrogen-bond donors (Lipinski definition) is 0. The van der Waals surface area contributed by atoms with Gasteiger partial charge in [-0.2, -0.15) is 0 Å². The number of ether oxygens (including phenoxy) is 1. The Hall–Kier alpha value is -3.67. The van der Waals surface area contributed by atoms with Gasteiger partial charge in [0.25, 0.3) is 11.1 Å². The van der Waals surface area contributed by atoms with Crippen molar-refractivity contribution in [3.63, 3.8) is 0 Å². The molecule has 0 saturated carbocycles. The Morgan fingerprint density at radius 3 is 2.00 bits per heavy atom. The van der Waals surface area contributed by atoms with Crippen LogP contribution in [0.3, 0.4) is 0 Å². The Labute approximate surface area is 167 Å². The zero-order valence-electron chi connectivity index (χ0n) is 16.6. The first-order chi connectivity index (χ1) is 13.9. The van der Waals surface area contributed by atoms with E-state index in [1.54, 1.807) is 26.2 Å². The van der Waals surface area contributed by atoms with E-state index in [1.807, 2.05) is 54.6 Å². The number of nitrogens with zero attached hydrogens (tertiary/aromatic N) is 2. The van der Waals surface area contributed by atoms with Crippen LogP contribution in [0.25, 0.3) is 12.2 Å². The van der Waals surface area contributed by atoms with Crippen molar-refractivity contribution >= 4 is 18.1 Å². The second-order valence-electron chi connectivity index (χ2n) is 6.72. The van der Waals surface area contributed by atoms with Crippen LogP contribution in [-0.2, 0) is 30.2 Å². The molecule has 29 heavy (non-hydrogen) atoms. The standard InChI is InChI=1S/C23H22N2O4/c1-16(26)29-15-19-11-7-10-18(12-19)14-21-23(28)24(2)20(22(27)25(21)3)13-17-8-5-4-6-9-17/h4-14H,15H2,1-3H3/b20-13-,21-14-. The third-order valence-corrected chi connectivity index (χ3v) is 4.57. The van der Waals surface area contributed by atoms with E-state index < -0.39 is 0 Å². The molecule has 0 bridgehead atoms. The van der Waals surface area contributed by atoms with Crippen LogP contribution in [0, 0.1) is 0 Å². The second kappa shape index (κ2) is 8.56. The number of benzene rings is 2. The monoisotopic (exact) mass is 390 g/mol. The molecular formula is C23H22N2O4. The maximum Gasteiger partial charge on any atom is 0.302 e. The minimum atomic E-state index is -0.360. The predicted octanol–water partition coefficient (Wildman–Crippen LogP) is 0.805. The quantitative estimate of drug-likeness (QED) is 0.618. The fraction of sp³-hybridized carbons (Fsp3) is 0.174. The van der Waals surface area contributed by atoms with E-state index >= 15 is 0 Å². The van der Waals surface area contributed by atoms with Crippen LogP contribution in [0.2, 0.25) is 0 Å². The third-order valence-electron chi connectivity index (χ3n) is 4.57. The smallest absolute Gasteiger partial charge is 0.302 e. The Bertz CT molecular complexity index is 1290. The van der Waals surface area contributed by atoms with Crippen LogP contribution in [-0.4, -0.2) is 15.1 Å². The fourth-order valence-electron chi connectivity index (χ4n) is 2.99. The summed E-state index contributed by atoms with van der Waals surface area (Å²) in [6.07, 6.45) is 3.36. The van der Waals surface area contributed by atoms with Gasteiger partial charge in [0.15, 0.2) is 0 Å². The van der Waals surface area contributed by atoms with Crippen LogP contribution in [0.15, 0.2) is 64.2 Å². The first-order valence-corrected chi connectivity index (χ1v) is 9.13. The highest BCUT2D eigenvalue weighted by atomic mass is 16.5. The van der Waals surface area contributed by atoms with Crippen molar-refractivity contribution in [3.05, 3.63) is 103 Å². The number of aromatic nitrogens is 2. The minimum absolute atomic E-state index is 0.152. The lowest BCUT2D eigenvalue weighted by atomic mass is 10.1. The summed E-state index contributed by atoms with van der Waals surface area (Å²) < 4.78 is 7.74. The summed E-state index contributed by atoms with van der Waals surface area (Å²) in [6, 6.07) is 16.7. The van der Waals surface area contributed by atoms with E-state index in [2.05, 4.69) is 0 Å². The maximum atomic E-state index is 12.9. The van der Waals surface area contributed by atoms with Gasteiger partial charge in [-0.1, -0.05) is 48.5 Å². The zero-order chi connectivity index (χ0) is 21.0. The molecule has 0 aliphatic heterocycles. The van der Waals surface area contributed by atoms with E-state index in [4.69, 9.17) is 4.74 Å². The van der Waals surface area contributed by atoms with Crippen LogP contribution >= 0.6 is 0 Å². The summed E-state index contributed by atoms with van der Waals surface area (Å²) >= 11 is 0. The summed E-state index contributed by atoms with van der Waals surface area (Å²) in [6.45, 7) is 1.50. The van der Waals surface area contributed by atoms with Gasteiger partial charge >= 0.3 is 5.97 Å². The highest BCUT2D eigenvalue weighted by molar-refractivity contribution is 5.66. The maximum absolute atomic E-state index is 12.9. The van der Waals surface area contributed by atoms with Crippen LogP contribution in [0.1, 0.15) is 23.6 Å². The number of hydrogen-bond acceptors (Lipinski definition) is 4. The van der Waals surface area contributed by atoms with Gasteiger partial charge in [-0.05, 0) is 34.9 Å². The summed E-state index contributed by atoms with van der Waals surface area (Å²) in [4.78, 5) is 36.8. The third kappa shape index (κ3) is 4.60. The van der Waals surface area contributed by atoms with Crippen molar-refractivity contribution in [2.24, 2.45) is 14.1 Å². The molecule has 0 saturated heterocycles. The summed E-state index contributed by atoms with van der Waals surface area (Å²) in [5, 5.41) is 0.580. The highest BCUT2D eigenvalue weighted by Gasteiger charge is 2.06. The zero-order valence-corrected chi connectivity index (χ0v) is 16.6. The molecule has 0 aliphatic rings. The SMILES string of the molecule is CC(=O)OCc1cccc(/C=c2/c(=O)n(C)/c(=C\c3ccccc3)c(=O)n2C)c1. The van der Waals surface area contributed by atoms with Gasteiger partial charge < -0.3 is 13.9 Å². The molecule has 6 heteroatoms. The molecule has 0 N–H and O–H groups in total. The topological polar surface area (TPSA) is 70.3 Å². The van der Waals surface area contributed by atoms with E-state index in [1.165, 1.54) is 16.1 Å². The van der Waals surface area contributed by atoms with Crippen molar-refractivity contribution in [3.8, 4) is 0 Å². The van der Waals surface area contributed by atoms with Gasteiger partial charge in [-0.25, -0.2) is 0 Å². The first-order valence-electron chi connectivity index (χ1n) is 9.13. The lowest BCUT2D eigenvalue weighted by Crippen LogP contribution is -2.56. The largest absolute Gasteiger partial charge is 0.461 e. The first kappa shape index (κ1) is 20.1. The summed E-state index contributed by atoms with van der Waals surface area (Å²) in [7, 11) is 3.17. The molecule has 0 atom stereocenters. The lowest BCUT2D eigenvalue weighted by Gasteiger charge is -2.06. The van der Waals surface area contributed by atoms with Gasteiger partial charge in [0.1, 0.15) is 17.3 Å². The Morgan fingerprint density at radius 1 is 0.862 bits per heavy atom. The van der Waals surface area contributed by atoms with Crippen molar-refractivity contribution in [1.29, 1.82) is 0 Å². The van der Waals surface area contributed by atoms with Gasteiger partial charge in [-0.15, -0.1) is 0 Å². The van der Waals surface area contributed by atoms with E-state index in [0.717, 1.165) is 16.7 Å². The summed E-state index contributed by atoms with van der Waals surface area (Å²) in [5.41, 5.74) is 1.83. The average Bonchev–Trinajstić information content (AvgIpc) is 2.72. The molecule has 0 radical (unpaired) electrons. The summed E-state index contributed by atoms with van der Waals surface area (Å²) in [5.74, 6) is -0.360. The van der Waals surface area contributed by atoms with Crippen LogP contribution in [0.4, 0.5) is 0 Å². The van der Waals surface area contributed by atoms with E-state index in [0.29, 0.717) is 5.35 Å². The molecule has 0 fully saturated rings. The molecule has 2 aromatic carbocycles. The van der Waals surface area contributed by atoms with Crippen molar-refractivity contribution in [2.75, 3.05) is 0 Å². The molecule has 0 unspecified atom stereocenters. The van der Waals surface area contributed by atoms with Gasteiger partial charge in [0, 0.05) is 21.0 Å². The van der Waals surface area contributed by atoms with Gasteiger partial charge in [-0.3, -0.25) is 14.4 Å². The van der Waals surface area contributed by atoms with Gasteiger partial charge in [0.05, 0.1) is 0 Å². The minimum Gasteiger partial charge on any atom is -0.461 e. The van der Waals surface area contributed by atoms with Crippen molar-refractivity contribution in [2.45, 2.75) is 13.5 Å². The molecule has 6 nitrogen and oxygen atoms in total. The van der Waals surface area contributed by atoms with Crippen LogP contribution < -0.4 is 21.8 Å². The molecule has 1 heterocycles. The van der Waals surface area contributed by atoms with Crippen molar-refractivity contribution in [1.82, 2.24) is 9.13 Å². The number of esters is 1. The molecule has 0 aliphatic carbocycles. The molecule has 0 spiro atoms. The Morgan fingerprint density at radius 2 is 1.41 bits per heavy atom. The predicted molar refractivity (Wildman–Crippen MR) is 112 cm³/mol. The van der Waals surface area contributed by atoms with Crippen molar-refractivity contribution < 1.29 is 9.53 Å². The van der Waals surface area contributed by atoms with E-state index in [9.17, 15) is 14.4 Å².